The third kappa shape index (κ3) is 7.42. The van der Waals surface area contributed by atoms with Crippen molar-refractivity contribution in [3.05, 3.63) is 88.5 Å². The molecule has 3 aromatic carbocycles. The van der Waals surface area contributed by atoms with Gasteiger partial charge in [-0.15, -0.1) is 0 Å². The Morgan fingerprint density at radius 3 is 1.18 bits per heavy atom. The third-order valence-corrected chi connectivity index (χ3v) is 10.3. The van der Waals surface area contributed by atoms with Crippen LogP contribution in [-0.4, -0.2) is 7.05 Å². The Bertz CT molecular complexity index is 1150. The molecule has 2 heteroatoms. The van der Waals surface area contributed by atoms with Crippen LogP contribution in [0.15, 0.2) is 60.7 Å². The minimum absolute atomic E-state index is 0.0681. The summed E-state index contributed by atoms with van der Waals surface area (Å²) in [4.78, 5) is 0. The monoisotopic (exact) mass is 543 g/mol. The Morgan fingerprint density at radius 1 is 0.538 bits per heavy atom. The van der Waals surface area contributed by atoms with Crippen LogP contribution in [-0.2, 0) is 21.7 Å². The second kappa shape index (κ2) is 11.1. The zero-order chi connectivity index (χ0) is 29.6. The van der Waals surface area contributed by atoms with Gasteiger partial charge in [-0.1, -0.05) is 144 Å². The first kappa shape index (κ1) is 31.6. The molecule has 0 saturated heterocycles. The Balaban J connectivity index is 2.51. The fourth-order valence-corrected chi connectivity index (χ4v) is 7.54. The smallest absolute Gasteiger partial charge is 0.0295 e. The molecule has 3 aromatic rings. The second-order valence-electron chi connectivity index (χ2n) is 15.4. The normalized spacial score (nSPS) is 14.1. The SMILES string of the molecule is CNC(C)c1ccccc1P(c1cc(C(C)(C)C)cc(C(C)(C)C)c1)c1cc(C(C)(C)C)cc(C(C)(C)C)c1. The summed E-state index contributed by atoms with van der Waals surface area (Å²) < 4.78 is 0. The number of rotatable bonds is 5. The molecule has 3 rings (SSSR count). The first-order valence-corrected chi connectivity index (χ1v) is 16.0. The maximum Gasteiger partial charge on any atom is 0.0295 e. The van der Waals surface area contributed by atoms with Crippen LogP contribution in [0.2, 0.25) is 0 Å². The molecule has 0 aliphatic carbocycles. The lowest BCUT2D eigenvalue weighted by atomic mass is 9.81. The van der Waals surface area contributed by atoms with Crippen LogP contribution in [0, 0.1) is 0 Å². The highest BCUT2D eigenvalue weighted by Gasteiger charge is 2.29. The highest BCUT2D eigenvalue weighted by atomic mass is 31.1. The molecule has 1 nitrogen and oxygen atoms in total. The van der Waals surface area contributed by atoms with Crippen molar-refractivity contribution in [1.82, 2.24) is 5.32 Å². The lowest BCUT2D eigenvalue weighted by molar-refractivity contribution is 0.569. The Hall–Kier alpha value is -1.95. The predicted molar refractivity (Wildman–Crippen MR) is 177 cm³/mol. The van der Waals surface area contributed by atoms with Crippen LogP contribution in [0.5, 0.6) is 0 Å². The molecule has 0 aliphatic rings. The van der Waals surface area contributed by atoms with Gasteiger partial charge in [0.15, 0.2) is 0 Å². The first-order chi connectivity index (χ1) is 17.7. The lowest BCUT2D eigenvalue weighted by Gasteiger charge is -2.32. The van der Waals surface area contributed by atoms with Crippen LogP contribution >= 0.6 is 7.92 Å². The van der Waals surface area contributed by atoms with Gasteiger partial charge in [-0.2, -0.15) is 0 Å². The van der Waals surface area contributed by atoms with Gasteiger partial charge in [0, 0.05) is 6.04 Å². The largest absolute Gasteiger partial charge is 0.313 e. The maximum atomic E-state index is 3.53. The van der Waals surface area contributed by atoms with E-state index >= 15 is 0 Å². The van der Waals surface area contributed by atoms with E-state index in [9.17, 15) is 0 Å². The van der Waals surface area contributed by atoms with Crippen LogP contribution in [0.3, 0.4) is 0 Å². The molecule has 39 heavy (non-hydrogen) atoms. The molecule has 0 spiro atoms. The van der Waals surface area contributed by atoms with Crippen LogP contribution in [0.4, 0.5) is 0 Å². The van der Waals surface area contributed by atoms with Gasteiger partial charge in [-0.3, -0.25) is 0 Å². The molecule has 0 saturated carbocycles. The Morgan fingerprint density at radius 2 is 0.872 bits per heavy atom. The van der Waals surface area contributed by atoms with Crippen molar-refractivity contribution in [2.75, 3.05) is 7.05 Å². The standard InChI is InChI=1S/C37H54NP/c1-25(38-14)32-17-15-16-18-33(32)39(30-21-26(34(2,3)4)19-27(22-30)35(5,6)7)31-23-28(36(8,9)10)20-29(24-31)37(11,12)13/h15-25,38H,1-14H3. The number of benzene rings is 3. The van der Waals surface area contributed by atoms with Gasteiger partial charge in [0.1, 0.15) is 0 Å². The fourth-order valence-electron chi connectivity index (χ4n) is 4.85. The molecule has 1 atom stereocenters. The molecule has 0 aromatic heterocycles. The number of hydrogen-bond donors (Lipinski definition) is 1. The molecular weight excluding hydrogens is 489 g/mol. The van der Waals surface area contributed by atoms with Crippen LogP contribution in [0.1, 0.15) is 124 Å². The summed E-state index contributed by atoms with van der Waals surface area (Å²) in [5.41, 5.74) is 7.33. The molecule has 0 radical (unpaired) electrons. The average molecular weight is 544 g/mol. The van der Waals surface area contributed by atoms with Crippen LogP contribution < -0.4 is 21.2 Å². The van der Waals surface area contributed by atoms with Gasteiger partial charge in [0.2, 0.25) is 0 Å². The first-order valence-electron chi connectivity index (χ1n) is 14.6. The van der Waals surface area contributed by atoms with Gasteiger partial charge in [0.25, 0.3) is 0 Å². The topological polar surface area (TPSA) is 12.0 Å². The van der Waals surface area contributed by atoms with Crippen molar-refractivity contribution in [3.8, 4) is 0 Å². The van der Waals surface area contributed by atoms with Crippen molar-refractivity contribution in [2.24, 2.45) is 0 Å². The Kier molecular flexibility index (Phi) is 9.02. The molecule has 0 bridgehead atoms. The van der Waals surface area contributed by atoms with E-state index in [-0.39, 0.29) is 27.7 Å². The van der Waals surface area contributed by atoms with E-state index in [4.69, 9.17) is 0 Å². The average Bonchev–Trinajstić information content (AvgIpc) is 2.81. The van der Waals surface area contributed by atoms with Crippen molar-refractivity contribution in [3.63, 3.8) is 0 Å². The number of hydrogen-bond acceptors (Lipinski definition) is 1. The highest BCUT2D eigenvalue weighted by Crippen LogP contribution is 2.41. The zero-order valence-corrected chi connectivity index (χ0v) is 28.2. The van der Waals surface area contributed by atoms with Gasteiger partial charge in [0.05, 0.1) is 0 Å². The minimum atomic E-state index is -0.798. The quantitative estimate of drug-likeness (QED) is 0.317. The molecule has 0 heterocycles. The zero-order valence-electron chi connectivity index (χ0n) is 27.3. The summed E-state index contributed by atoms with van der Waals surface area (Å²) in [7, 11) is 1.27. The van der Waals surface area contributed by atoms with E-state index in [1.807, 2.05) is 0 Å². The van der Waals surface area contributed by atoms with E-state index in [1.165, 1.54) is 43.7 Å². The molecule has 0 amide bonds. The number of nitrogens with one attached hydrogen (secondary N) is 1. The van der Waals surface area contributed by atoms with Crippen molar-refractivity contribution in [2.45, 2.75) is 118 Å². The fraction of sp³-hybridized carbons (Fsp3) is 0.514. The van der Waals surface area contributed by atoms with Crippen LogP contribution in [0.25, 0.3) is 0 Å². The van der Waals surface area contributed by atoms with Gasteiger partial charge in [-0.25, -0.2) is 0 Å². The summed E-state index contributed by atoms with van der Waals surface area (Å²) in [6.45, 7) is 30.4. The van der Waals surface area contributed by atoms with Crippen molar-refractivity contribution >= 4 is 23.8 Å². The molecule has 1 unspecified atom stereocenters. The molecule has 212 valence electrons. The molecular formula is C37H54NP. The van der Waals surface area contributed by atoms with E-state index in [1.54, 1.807) is 0 Å². The van der Waals surface area contributed by atoms with E-state index in [2.05, 4.69) is 163 Å². The van der Waals surface area contributed by atoms with E-state index in [0.717, 1.165) is 0 Å². The van der Waals surface area contributed by atoms with E-state index < -0.39 is 7.92 Å². The van der Waals surface area contributed by atoms with Gasteiger partial charge in [-0.05, 0) is 87.3 Å². The summed E-state index contributed by atoms with van der Waals surface area (Å²) in [6.07, 6.45) is 0. The molecule has 0 aliphatic heterocycles. The summed E-state index contributed by atoms with van der Waals surface area (Å²) in [5.74, 6) is 0. The van der Waals surface area contributed by atoms with E-state index in [0.29, 0.717) is 0 Å². The minimum Gasteiger partial charge on any atom is -0.313 e. The Labute approximate surface area is 242 Å². The predicted octanol–water partition coefficient (Wildman–Crippen LogP) is 8.92. The second-order valence-corrected chi connectivity index (χ2v) is 17.6. The highest BCUT2D eigenvalue weighted by molar-refractivity contribution is 7.80. The van der Waals surface area contributed by atoms with Gasteiger partial charge < -0.3 is 5.32 Å². The molecule has 1 N–H and O–H groups in total. The van der Waals surface area contributed by atoms with Crippen molar-refractivity contribution in [1.29, 1.82) is 0 Å². The summed E-state index contributed by atoms with van der Waals surface area (Å²) >= 11 is 0. The summed E-state index contributed by atoms with van der Waals surface area (Å²) in [6, 6.07) is 24.4. The van der Waals surface area contributed by atoms with Gasteiger partial charge >= 0.3 is 0 Å². The molecule has 0 fully saturated rings. The summed E-state index contributed by atoms with van der Waals surface area (Å²) in [5, 5.41) is 7.88. The lowest BCUT2D eigenvalue weighted by Crippen LogP contribution is -2.30. The third-order valence-electron chi connectivity index (χ3n) is 7.89. The van der Waals surface area contributed by atoms with Crippen molar-refractivity contribution < 1.29 is 0 Å². The maximum absolute atomic E-state index is 3.53.